The van der Waals surface area contributed by atoms with Gasteiger partial charge in [-0.05, 0) is 11.6 Å². The van der Waals surface area contributed by atoms with E-state index in [9.17, 15) is 0 Å². The van der Waals surface area contributed by atoms with Crippen LogP contribution in [0.2, 0.25) is 0 Å². The third-order valence-corrected chi connectivity index (χ3v) is 3.25. The van der Waals surface area contributed by atoms with Gasteiger partial charge in [-0.2, -0.15) is 0 Å². The number of ether oxygens (including phenoxy) is 2. The Balaban J connectivity index is 1.59. The van der Waals surface area contributed by atoms with Crippen molar-refractivity contribution in [2.24, 2.45) is 0 Å². The standard InChI is InChI=1S/C16H17NO2/c1-2-6-13(7-3-1)10-17-11-16-14-8-4-5-9-15(14)18-12-19-16/h1-9,16-17H,10-12H2. The molecule has 19 heavy (non-hydrogen) atoms. The van der Waals surface area contributed by atoms with Gasteiger partial charge >= 0.3 is 0 Å². The van der Waals surface area contributed by atoms with Crippen molar-refractivity contribution in [3.63, 3.8) is 0 Å². The van der Waals surface area contributed by atoms with Crippen molar-refractivity contribution in [1.29, 1.82) is 0 Å². The van der Waals surface area contributed by atoms with Crippen LogP contribution in [0.4, 0.5) is 0 Å². The lowest BCUT2D eigenvalue weighted by molar-refractivity contribution is -0.0584. The maximum atomic E-state index is 5.66. The third-order valence-electron chi connectivity index (χ3n) is 3.25. The molecule has 0 spiro atoms. The molecular weight excluding hydrogens is 238 g/mol. The normalized spacial score (nSPS) is 17.6. The Morgan fingerprint density at radius 2 is 1.79 bits per heavy atom. The first kappa shape index (κ1) is 12.2. The molecule has 2 aromatic rings. The summed E-state index contributed by atoms with van der Waals surface area (Å²) in [6, 6.07) is 18.4. The van der Waals surface area contributed by atoms with E-state index in [1.165, 1.54) is 5.56 Å². The van der Waals surface area contributed by atoms with Crippen molar-refractivity contribution >= 4 is 0 Å². The number of hydrogen-bond acceptors (Lipinski definition) is 3. The van der Waals surface area contributed by atoms with Crippen LogP contribution in [0.1, 0.15) is 17.2 Å². The van der Waals surface area contributed by atoms with E-state index in [0.717, 1.165) is 24.4 Å². The van der Waals surface area contributed by atoms with Crippen molar-refractivity contribution in [2.75, 3.05) is 13.3 Å². The van der Waals surface area contributed by atoms with E-state index in [2.05, 4.69) is 35.6 Å². The molecular formula is C16H17NO2. The molecule has 0 bridgehead atoms. The predicted octanol–water partition coefficient (Wildman–Crippen LogP) is 2.88. The quantitative estimate of drug-likeness (QED) is 0.911. The maximum absolute atomic E-state index is 5.66. The molecule has 0 fully saturated rings. The molecule has 1 heterocycles. The van der Waals surface area contributed by atoms with Crippen molar-refractivity contribution < 1.29 is 9.47 Å². The summed E-state index contributed by atoms with van der Waals surface area (Å²) in [6.07, 6.45) is 0.0636. The fourth-order valence-corrected chi connectivity index (χ4v) is 2.26. The number of nitrogens with one attached hydrogen (secondary N) is 1. The average Bonchev–Trinajstić information content (AvgIpc) is 2.49. The van der Waals surface area contributed by atoms with Crippen LogP contribution in [0.15, 0.2) is 54.6 Å². The molecule has 1 aliphatic heterocycles. The minimum Gasteiger partial charge on any atom is -0.467 e. The largest absolute Gasteiger partial charge is 0.467 e. The lowest BCUT2D eigenvalue weighted by atomic mass is 10.1. The molecule has 0 saturated carbocycles. The second-order valence-corrected chi connectivity index (χ2v) is 4.57. The van der Waals surface area contributed by atoms with Gasteiger partial charge in [0.2, 0.25) is 0 Å². The molecule has 1 aliphatic rings. The van der Waals surface area contributed by atoms with E-state index >= 15 is 0 Å². The molecule has 0 aromatic heterocycles. The molecule has 0 saturated heterocycles. The molecule has 0 amide bonds. The van der Waals surface area contributed by atoms with Crippen LogP contribution in [-0.2, 0) is 11.3 Å². The average molecular weight is 255 g/mol. The topological polar surface area (TPSA) is 30.5 Å². The van der Waals surface area contributed by atoms with E-state index in [-0.39, 0.29) is 6.10 Å². The van der Waals surface area contributed by atoms with Gasteiger partial charge in [-0.25, -0.2) is 0 Å². The second kappa shape index (κ2) is 5.87. The maximum Gasteiger partial charge on any atom is 0.189 e. The Morgan fingerprint density at radius 3 is 2.68 bits per heavy atom. The van der Waals surface area contributed by atoms with Crippen molar-refractivity contribution in [3.8, 4) is 5.75 Å². The van der Waals surface area contributed by atoms with E-state index in [0.29, 0.717) is 6.79 Å². The molecule has 3 nitrogen and oxygen atoms in total. The zero-order valence-electron chi connectivity index (χ0n) is 10.7. The molecule has 0 aliphatic carbocycles. The zero-order valence-corrected chi connectivity index (χ0v) is 10.7. The van der Waals surface area contributed by atoms with Gasteiger partial charge in [-0.15, -0.1) is 0 Å². The first-order valence-electron chi connectivity index (χ1n) is 6.51. The number of para-hydroxylation sites is 1. The van der Waals surface area contributed by atoms with Gasteiger partial charge in [0.1, 0.15) is 11.9 Å². The Kier molecular flexibility index (Phi) is 3.77. The summed E-state index contributed by atoms with van der Waals surface area (Å²) in [5, 5.41) is 3.43. The zero-order chi connectivity index (χ0) is 12.9. The molecule has 1 N–H and O–H groups in total. The van der Waals surface area contributed by atoms with Gasteiger partial charge in [-0.1, -0.05) is 48.5 Å². The van der Waals surface area contributed by atoms with E-state index in [1.54, 1.807) is 0 Å². The third kappa shape index (κ3) is 2.95. The Labute approximate surface area is 113 Å². The number of rotatable bonds is 4. The molecule has 1 atom stereocenters. The van der Waals surface area contributed by atoms with Gasteiger partial charge in [0, 0.05) is 18.7 Å². The first-order chi connectivity index (χ1) is 9.43. The van der Waals surface area contributed by atoms with Crippen LogP contribution in [-0.4, -0.2) is 13.3 Å². The highest BCUT2D eigenvalue weighted by Gasteiger charge is 2.20. The fourth-order valence-electron chi connectivity index (χ4n) is 2.26. The predicted molar refractivity (Wildman–Crippen MR) is 73.9 cm³/mol. The fraction of sp³-hybridized carbons (Fsp3) is 0.250. The van der Waals surface area contributed by atoms with Gasteiger partial charge in [0.15, 0.2) is 6.79 Å². The monoisotopic (exact) mass is 255 g/mol. The number of hydrogen-bond donors (Lipinski definition) is 1. The summed E-state index contributed by atoms with van der Waals surface area (Å²) in [5.74, 6) is 0.931. The smallest absolute Gasteiger partial charge is 0.189 e. The summed E-state index contributed by atoms with van der Waals surface area (Å²) in [6.45, 7) is 1.97. The van der Waals surface area contributed by atoms with Gasteiger partial charge in [0.05, 0.1) is 0 Å². The summed E-state index contributed by atoms with van der Waals surface area (Å²) >= 11 is 0. The molecule has 1 unspecified atom stereocenters. The molecule has 3 heteroatoms. The summed E-state index contributed by atoms with van der Waals surface area (Å²) in [4.78, 5) is 0. The van der Waals surface area contributed by atoms with Crippen molar-refractivity contribution in [1.82, 2.24) is 5.32 Å². The van der Waals surface area contributed by atoms with E-state index in [1.807, 2.05) is 24.3 Å². The van der Waals surface area contributed by atoms with Crippen LogP contribution in [0, 0.1) is 0 Å². The van der Waals surface area contributed by atoms with Crippen molar-refractivity contribution in [2.45, 2.75) is 12.6 Å². The highest BCUT2D eigenvalue weighted by Crippen LogP contribution is 2.30. The molecule has 2 aromatic carbocycles. The summed E-state index contributed by atoms with van der Waals surface area (Å²) in [5.41, 5.74) is 2.40. The Bertz CT molecular complexity index is 527. The highest BCUT2D eigenvalue weighted by molar-refractivity contribution is 5.36. The first-order valence-corrected chi connectivity index (χ1v) is 6.51. The van der Waals surface area contributed by atoms with Crippen LogP contribution in [0.3, 0.4) is 0 Å². The number of fused-ring (bicyclic) bond motifs is 1. The van der Waals surface area contributed by atoms with Gasteiger partial charge < -0.3 is 14.8 Å². The van der Waals surface area contributed by atoms with Crippen LogP contribution >= 0.6 is 0 Å². The minimum absolute atomic E-state index is 0.0636. The van der Waals surface area contributed by atoms with E-state index < -0.39 is 0 Å². The minimum atomic E-state index is 0.0636. The number of benzene rings is 2. The Hall–Kier alpha value is -1.84. The lowest BCUT2D eigenvalue weighted by Crippen LogP contribution is -2.27. The van der Waals surface area contributed by atoms with Crippen molar-refractivity contribution in [3.05, 3.63) is 65.7 Å². The Morgan fingerprint density at radius 1 is 1.00 bits per heavy atom. The van der Waals surface area contributed by atoms with Crippen LogP contribution in [0.25, 0.3) is 0 Å². The van der Waals surface area contributed by atoms with Gasteiger partial charge in [0.25, 0.3) is 0 Å². The molecule has 3 rings (SSSR count). The van der Waals surface area contributed by atoms with Crippen LogP contribution in [0.5, 0.6) is 5.75 Å². The van der Waals surface area contributed by atoms with Gasteiger partial charge in [-0.3, -0.25) is 0 Å². The summed E-state index contributed by atoms with van der Waals surface area (Å²) in [7, 11) is 0. The van der Waals surface area contributed by atoms with Crippen LogP contribution < -0.4 is 10.1 Å². The second-order valence-electron chi connectivity index (χ2n) is 4.57. The SMILES string of the molecule is c1ccc(CNCC2OCOc3ccccc32)cc1. The lowest BCUT2D eigenvalue weighted by Gasteiger charge is -2.26. The highest BCUT2D eigenvalue weighted by atomic mass is 16.7. The molecule has 0 radical (unpaired) electrons. The molecule has 98 valence electrons. The van der Waals surface area contributed by atoms with E-state index in [4.69, 9.17) is 9.47 Å². The summed E-state index contributed by atoms with van der Waals surface area (Å²) < 4.78 is 11.1.